The molecule has 2 amide bonds. The number of carboxylic acids is 1. The van der Waals surface area contributed by atoms with Gasteiger partial charge in [-0.2, -0.15) is 0 Å². The van der Waals surface area contributed by atoms with Gasteiger partial charge in [-0.3, -0.25) is 9.59 Å². The van der Waals surface area contributed by atoms with Crippen LogP contribution >= 0.6 is 0 Å². The van der Waals surface area contributed by atoms with E-state index in [4.69, 9.17) is 28.4 Å². The number of nitrogens with one attached hydrogen (secondary N) is 2. The zero-order chi connectivity index (χ0) is 80.3. The Morgan fingerprint density at radius 2 is 0.882 bits per heavy atom. The zero-order valence-corrected chi connectivity index (χ0v) is 68.6. The highest BCUT2D eigenvalue weighted by atomic mass is 16.8. The number of aliphatic hydroxyl groups excluding tert-OH is 11. The largest absolute Gasteiger partial charge is 0.477 e. The summed E-state index contributed by atoms with van der Waals surface area (Å²) < 4.78 is 35.0. The summed E-state index contributed by atoms with van der Waals surface area (Å²) in [4.78, 5) is 38.8. The van der Waals surface area contributed by atoms with E-state index in [0.717, 1.165) is 58.3 Å². The van der Waals surface area contributed by atoms with Crippen molar-refractivity contribution >= 4 is 17.8 Å². The summed E-state index contributed by atoms with van der Waals surface area (Å²) in [6.07, 6.45) is 47.6. The van der Waals surface area contributed by atoms with Gasteiger partial charge in [0.25, 0.3) is 5.79 Å². The maximum Gasteiger partial charge on any atom is 0.364 e. The van der Waals surface area contributed by atoms with E-state index in [2.05, 4.69) is 48.8 Å². The summed E-state index contributed by atoms with van der Waals surface area (Å²) in [6.45, 7) is 2.20. The van der Waals surface area contributed by atoms with Crippen molar-refractivity contribution in [3.8, 4) is 0 Å². The highest BCUT2D eigenvalue weighted by molar-refractivity contribution is 5.77. The van der Waals surface area contributed by atoms with Gasteiger partial charge in [-0.25, -0.2) is 4.79 Å². The fourth-order valence-electron chi connectivity index (χ4n) is 15.3. The van der Waals surface area contributed by atoms with Crippen molar-refractivity contribution in [2.45, 2.75) is 471 Å². The Kier molecular flexibility index (Phi) is 59.8. The first-order chi connectivity index (χ1) is 53.4. The molecule has 3 rings (SSSR count). The Hall–Kier alpha value is -3.05. The summed E-state index contributed by atoms with van der Waals surface area (Å²) in [6, 6.07) is -2.62. The summed E-state index contributed by atoms with van der Waals surface area (Å²) >= 11 is 0. The normalized spacial score (nSPS) is 25.7. The van der Waals surface area contributed by atoms with Crippen LogP contribution in [0.15, 0.2) is 36.5 Å². The van der Waals surface area contributed by atoms with Crippen LogP contribution in [-0.4, -0.2) is 215 Å². The van der Waals surface area contributed by atoms with Crippen molar-refractivity contribution in [3.05, 3.63) is 36.5 Å². The molecule has 0 aromatic carbocycles. The lowest BCUT2D eigenvalue weighted by atomic mass is 9.88. The average molecular weight is 1570 g/mol. The monoisotopic (exact) mass is 1570 g/mol. The molecule has 0 spiro atoms. The van der Waals surface area contributed by atoms with Crippen LogP contribution in [0, 0.1) is 0 Å². The van der Waals surface area contributed by atoms with Gasteiger partial charge in [0.15, 0.2) is 12.6 Å². The number of aliphatic carboxylic acids is 1. The highest BCUT2D eigenvalue weighted by Crippen LogP contribution is 2.39. The number of rotatable bonds is 71. The SMILES string of the molecule is CCCCCCCCCCC/C=C\C/C=C\CCCCCCCCCCCCCCCCCCCC(=O)NC(COC1OC(CO)C(OC2OC(CO)C(O)C(OC3(C(=O)O)CC(O)C(NC(C)=O)C(C(O)C(O)CO)O3)C2O)C(O)C1O)C(O)/C=C/CCCCCCCCCCCCCCCCCCCCCCC. The predicted octanol–water partition coefficient (Wildman–Crippen LogP) is 13.6. The minimum Gasteiger partial charge on any atom is -0.477 e. The Balaban J connectivity index is 1.46. The van der Waals surface area contributed by atoms with E-state index in [-0.39, 0.29) is 12.3 Å². The minimum absolute atomic E-state index is 0.202. The van der Waals surface area contributed by atoms with E-state index in [9.17, 15) is 75.7 Å². The smallest absolute Gasteiger partial charge is 0.364 e. The molecule has 3 saturated heterocycles. The lowest BCUT2D eigenvalue weighted by Crippen LogP contribution is -2.70. The molecular weight excluding hydrogens is 1410 g/mol. The molecule has 3 aliphatic heterocycles. The van der Waals surface area contributed by atoms with Crippen molar-refractivity contribution in [2.24, 2.45) is 0 Å². The number of aliphatic hydroxyl groups is 11. The van der Waals surface area contributed by atoms with Crippen LogP contribution in [0.3, 0.4) is 0 Å². The third-order valence-electron chi connectivity index (χ3n) is 22.3. The van der Waals surface area contributed by atoms with Gasteiger partial charge in [-0.1, -0.05) is 326 Å². The lowest BCUT2D eigenvalue weighted by Gasteiger charge is -2.50. The number of ether oxygens (including phenoxy) is 6. The molecule has 18 unspecified atom stereocenters. The molecule has 23 nitrogen and oxygen atoms in total. The number of hydrogen-bond donors (Lipinski definition) is 14. The van der Waals surface area contributed by atoms with Crippen LogP contribution in [0.1, 0.15) is 361 Å². The number of carbonyl (C=O) groups excluding carboxylic acids is 2. The second kappa shape index (κ2) is 65.0. The third kappa shape index (κ3) is 43.8. The van der Waals surface area contributed by atoms with Crippen LogP contribution in [0.4, 0.5) is 0 Å². The molecule has 0 radical (unpaired) electrons. The van der Waals surface area contributed by atoms with Crippen molar-refractivity contribution in [3.63, 3.8) is 0 Å². The van der Waals surface area contributed by atoms with Gasteiger partial charge in [-0.05, 0) is 51.4 Å². The molecule has 14 N–H and O–H groups in total. The second-order valence-corrected chi connectivity index (χ2v) is 32.1. The van der Waals surface area contributed by atoms with Gasteiger partial charge in [0.2, 0.25) is 11.8 Å². The number of hydrogen-bond acceptors (Lipinski definition) is 20. The predicted molar refractivity (Wildman–Crippen MR) is 431 cm³/mol. The number of allylic oxidation sites excluding steroid dienone is 5. The molecule has 644 valence electrons. The Morgan fingerprint density at radius 1 is 0.482 bits per heavy atom. The van der Waals surface area contributed by atoms with Crippen LogP contribution in [-0.2, 0) is 42.8 Å². The summed E-state index contributed by atoms with van der Waals surface area (Å²) in [7, 11) is 0. The molecule has 0 aliphatic carbocycles. The molecule has 3 fully saturated rings. The molecule has 3 heterocycles. The lowest BCUT2D eigenvalue weighted by molar-refractivity contribution is -0.386. The van der Waals surface area contributed by atoms with Crippen LogP contribution < -0.4 is 10.6 Å². The first-order valence-electron chi connectivity index (χ1n) is 44.4. The van der Waals surface area contributed by atoms with Crippen LogP contribution in [0.5, 0.6) is 0 Å². The molecule has 0 bridgehead atoms. The maximum atomic E-state index is 13.6. The molecule has 0 aromatic heterocycles. The number of carboxylic acid groups (broad SMARTS) is 1. The van der Waals surface area contributed by atoms with Crippen LogP contribution in [0.2, 0.25) is 0 Å². The quantitative estimate of drug-likeness (QED) is 0.0199. The highest BCUT2D eigenvalue weighted by Gasteiger charge is 2.60. The Morgan fingerprint density at radius 3 is 1.28 bits per heavy atom. The molecule has 18 atom stereocenters. The minimum atomic E-state index is -3.08. The van der Waals surface area contributed by atoms with Gasteiger partial charge < -0.3 is 100 Å². The Bertz CT molecular complexity index is 2320. The van der Waals surface area contributed by atoms with E-state index in [1.807, 2.05) is 6.08 Å². The van der Waals surface area contributed by atoms with E-state index >= 15 is 0 Å². The zero-order valence-electron chi connectivity index (χ0n) is 68.6. The van der Waals surface area contributed by atoms with E-state index < -0.39 is 155 Å². The summed E-state index contributed by atoms with van der Waals surface area (Å²) in [5.41, 5.74) is 0. The first kappa shape index (κ1) is 101. The van der Waals surface area contributed by atoms with Crippen molar-refractivity contribution in [1.29, 1.82) is 0 Å². The number of unbranched alkanes of at least 4 members (excludes halogenated alkanes) is 47. The van der Waals surface area contributed by atoms with Gasteiger partial charge in [-0.15, -0.1) is 0 Å². The second-order valence-electron chi connectivity index (χ2n) is 32.1. The van der Waals surface area contributed by atoms with E-state index in [0.29, 0.717) is 12.8 Å². The number of carbonyl (C=O) groups is 3. The van der Waals surface area contributed by atoms with Crippen molar-refractivity contribution < 1.29 is 104 Å². The third-order valence-corrected chi connectivity index (χ3v) is 22.3. The molecule has 0 saturated carbocycles. The summed E-state index contributed by atoms with van der Waals surface area (Å²) in [5, 5.41) is 137. The molecular formula is C87H160N2O21. The first-order valence-corrected chi connectivity index (χ1v) is 44.4. The molecule has 110 heavy (non-hydrogen) atoms. The van der Waals surface area contributed by atoms with Gasteiger partial charge in [0, 0.05) is 19.8 Å². The molecule has 3 aliphatic rings. The molecule has 23 heteroatoms. The standard InChI is InChI=1S/C87H160N2O21/c1-4-6-8-10-12-14-16-18-20-22-24-26-28-29-30-31-32-33-34-35-36-37-39-41-43-45-47-49-51-53-55-57-59-61-74(97)89-68(69(94)60-58-56-54-52-50-48-46-44-42-40-38-27-25-23-21-19-17-15-13-11-9-7-5-2)66-105-84-79(101)78(100)81(73(65-92)107-84)108-85-80(102)83(77(99)72(64-91)106-85)110-87(86(103)104)62-70(95)75(88-67(3)93)82(109-87)76(98)71(96)63-90/h24,26,29-30,58,60,68-73,75-85,90-92,94-96,98-102H,4-23,25,27-28,31-57,59,61-66H2,1-3H3,(H,88,93)(H,89,97)(H,103,104)/b26-24-,30-29-,60-58+. The Labute approximate surface area is 663 Å². The van der Waals surface area contributed by atoms with E-state index in [1.54, 1.807) is 6.08 Å². The topological polar surface area (TPSA) is 373 Å². The van der Waals surface area contributed by atoms with Gasteiger partial charge in [0.05, 0.1) is 50.7 Å². The molecule has 0 aromatic rings. The van der Waals surface area contributed by atoms with Crippen LogP contribution in [0.25, 0.3) is 0 Å². The van der Waals surface area contributed by atoms with E-state index in [1.165, 1.54) is 263 Å². The summed E-state index contributed by atoms with van der Waals surface area (Å²) in [5.74, 6) is -6.14. The van der Waals surface area contributed by atoms with Gasteiger partial charge >= 0.3 is 5.97 Å². The fraction of sp³-hybridized carbons (Fsp3) is 0.897. The number of amides is 2. The van der Waals surface area contributed by atoms with Crippen molar-refractivity contribution in [2.75, 3.05) is 26.4 Å². The average Bonchev–Trinajstić information content (AvgIpc) is 0.760. The van der Waals surface area contributed by atoms with Gasteiger partial charge in [0.1, 0.15) is 67.1 Å². The fourth-order valence-corrected chi connectivity index (χ4v) is 15.3. The van der Waals surface area contributed by atoms with Crippen molar-refractivity contribution in [1.82, 2.24) is 10.6 Å². The maximum absolute atomic E-state index is 13.6.